The van der Waals surface area contributed by atoms with Crippen molar-refractivity contribution < 1.29 is 5.11 Å². The van der Waals surface area contributed by atoms with E-state index in [0.29, 0.717) is 5.92 Å². The molecule has 0 amide bonds. The summed E-state index contributed by atoms with van der Waals surface area (Å²) in [6.45, 7) is 4.11. The van der Waals surface area contributed by atoms with Gasteiger partial charge in [-0.05, 0) is 50.8 Å². The van der Waals surface area contributed by atoms with E-state index in [0.717, 1.165) is 25.1 Å². The zero-order valence-corrected chi connectivity index (χ0v) is 10.7. The minimum absolute atomic E-state index is 0.590. The van der Waals surface area contributed by atoms with Crippen LogP contribution >= 0.6 is 0 Å². The molecular formula is C15H23NO. The van der Waals surface area contributed by atoms with E-state index in [-0.39, 0.29) is 0 Å². The van der Waals surface area contributed by atoms with Crippen LogP contribution in [-0.2, 0) is 5.60 Å². The molecule has 0 saturated carbocycles. The molecule has 2 heteroatoms. The second-order valence-electron chi connectivity index (χ2n) is 5.41. The molecule has 2 rings (SSSR count). The molecule has 1 fully saturated rings. The number of nitrogens with one attached hydrogen (secondary N) is 1. The van der Waals surface area contributed by atoms with Gasteiger partial charge in [-0.25, -0.2) is 0 Å². The summed E-state index contributed by atoms with van der Waals surface area (Å²) in [6, 6.07) is 10.0. The molecule has 1 heterocycles. The summed E-state index contributed by atoms with van der Waals surface area (Å²) in [5, 5.41) is 14.1. The van der Waals surface area contributed by atoms with Gasteiger partial charge in [0.2, 0.25) is 0 Å². The second-order valence-corrected chi connectivity index (χ2v) is 5.41. The average molecular weight is 233 g/mol. The first-order valence-corrected chi connectivity index (χ1v) is 6.67. The Morgan fingerprint density at radius 3 is 2.82 bits per heavy atom. The lowest BCUT2D eigenvalue weighted by atomic mass is 9.84. The van der Waals surface area contributed by atoms with Crippen LogP contribution in [0.4, 0.5) is 0 Å². The molecule has 17 heavy (non-hydrogen) atoms. The fourth-order valence-corrected chi connectivity index (χ4v) is 2.74. The Kier molecular flexibility index (Phi) is 4.19. The molecular weight excluding hydrogens is 210 g/mol. The largest absolute Gasteiger partial charge is 0.385 e. The topological polar surface area (TPSA) is 32.3 Å². The molecule has 1 aromatic rings. The van der Waals surface area contributed by atoms with Crippen molar-refractivity contribution in [2.75, 3.05) is 13.1 Å². The van der Waals surface area contributed by atoms with Gasteiger partial charge in [0.15, 0.2) is 0 Å². The molecule has 2 unspecified atom stereocenters. The number of benzene rings is 1. The van der Waals surface area contributed by atoms with Gasteiger partial charge in [-0.3, -0.25) is 0 Å². The van der Waals surface area contributed by atoms with Gasteiger partial charge in [-0.1, -0.05) is 36.8 Å². The fraction of sp³-hybridized carbons (Fsp3) is 0.600. The summed E-state index contributed by atoms with van der Waals surface area (Å²) in [6.07, 6.45) is 4.63. The number of hydrogen-bond donors (Lipinski definition) is 2. The van der Waals surface area contributed by atoms with Crippen molar-refractivity contribution in [3.8, 4) is 0 Å². The molecule has 1 aromatic carbocycles. The fourth-order valence-electron chi connectivity index (χ4n) is 2.74. The molecule has 1 saturated heterocycles. The van der Waals surface area contributed by atoms with Gasteiger partial charge < -0.3 is 10.4 Å². The van der Waals surface area contributed by atoms with E-state index < -0.39 is 5.60 Å². The van der Waals surface area contributed by atoms with Crippen LogP contribution in [0.25, 0.3) is 0 Å². The minimum Gasteiger partial charge on any atom is -0.385 e. The van der Waals surface area contributed by atoms with Crippen LogP contribution in [0.5, 0.6) is 0 Å². The van der Waals surface area contributed by atoms with Crippen LogP contribution in [0.15, 0.2) is 30.3 Å². The van der Waals surface area contributed by atoms with E-state index in [1.54, 1.807) is 0 Å². The summed E-state index contributed by atoms with van der Waals surface area (Å²) >= 11 is 0. The maximum absolute atomic E-state index is 10.6. The third kappa shape index (κ3) is 3.55. The highest BCUT2D eigenvalue weighted by molar-refractivity contribution is 5.21. The van der Waals surface area contributed by atoms with Gasteiger partial charge in [-0.15, -0.1) is 0 Å². The van der Waals surface area contributed by atoms with E-state index in [1.165, 1.54) is 19.3 Å². The molecule has 0 bridgehead atoms. The van der Waals surface area contributed by atoms with E-state index >= 15 is 0 Å². The van der Waals surface area contributed by atoms with Crippen molar-refractivity contribution in [2.24, 2.45) is 5.92 Å². The molecule has 2 nitrogen and oxygen atoms in total. The van der Waals surface area contributed by atoms with Gasteiger partial charge in [0, 0.05) is 0 Å². The van der Waals surface area contributed by atoms with Crippen molar-refractivity contribution in [1.82, 2.24) is 5.32 Å². The zero-order chi connectivity index (χ0) is 12.1. The first kappa shape index (κ1) is 12.6. The van der Waals surface area contributed by atoms with Crippen LogP contribution in [0.1, 0.15) is 38.2 Å². The Labute approximate surface area is 104 Å². The third-order valence-corrected chi connectivity index (χ3v) is 3.73. The summed E-state index contributed by atoms with van der Waals surface area (Å²) < 4.78 is 0. The molecule has 0 aliphatic carbocycles. The number of hydrogen-bond acceptors (Lipinski definition) is 2. The predicted octanol–water partition coefficient (Wildman–Crippen LogP) is 2.67. The van der Waals surface area contributed by atoms with Crippen molar-refractivity contribution in [3.63, 3.8) is 0 Å². The molecule has 0 spiro atoms. The Morgan fingerprint density at radius 2 is 2.06 bits per heavy atom. The maximum Gasteiger partial charge on any atom is 0.0871 e. The molecule has 1 aliphatic rings. The highest BCUT2D eigenvalue weighted by atomic mass is 16.3. The highest BCUT2D eigenvalue weighted by Gasteiger charge is 2.27. The van der Waals surface area contributed by atoms with E-state index in [1.807, 2.05) is 37.3 Å². The quantitative estimate of drug-likeness (QED) is 0.841. The second kappa shape index (κ2) is 5.65. The lowest BCUT2D eigenvalue weighted by Crippen LogP contribution is -2.29. The number of rotatable bonds is 3. The molecule has 2 N–H and O–H groups in total. The zero-order valence-electron chi connectivity index (χ0n) is 10.7. The van der Waals surface area contributed by atoms with Crippen LogP contribution in [0.3, 0.4) is 0 Å². The SMILES string of the molecule is CC(O)(CC1CCCCNC1)c1ccccc1. The normalized spacial score (nSPS) is 24.9. The maximum atomic E-state index is 10.6. The van der Waals surface area contributed by atoms with Gasteiger partial charge >= 0.3 is 0 Å². The monoisotopic (exact) mass is 233 g/mol. The van der Waals surface area contributed by atoms with Gasteiger partial charge in [0.05, 0.1) is 5.60 Å². The van der Waals surface area contributed by atoms with Gasteiger partial charge in [0.1, 0.15) is 0 Å². The van der Waals surface area contributed by atoms with Crippen LogP contribution in [0, 0.1) is 5.92 Å². The lowest BCUT2D eigenvalue weighted by Gasteiger charge is -2.28. The van der Waals surface area contributed by atoms with E-state index in [9.17, 15) is 5.11 Å². The van der Waals surface area contributed by atoms with Crippen molar-refractivity contribution in [2.45, 2.75) is 38.2 Å². The summed E-state index contributed by atoms with van der Waals surface area (Å²) in [5.41, 5.74) is 0.335. The Bertz CT molecular complexity index is 326. The van der Waals surface area contributed by atoms with Crippen molar-refractivity contribution in [3.05, 3.63) is 35.9 Å². The standard InChI is InChI=1S/C15H23NO/c1-15(17,14-8-3-2-4-9-14)11-13-7-5-6-10-16-12-13/h2-4,8-9,13,16-17H,5-7,10-12H2,1H3. The van der Waals surface area contributed by atoms with Crippen molar-refractivity contribution >= 4 is 0 Å². The van der Waals surface area contributed by atoms with Gasteiger partial charge in [-0.2, -0.15) is 0 Å². The molecule has 2 atom stereocenters. The highest BCUT2D eigenvalue weighted by Crippen LogP contribution is 2.30. The summed E-state index contributed by atoms with van der Waals surface area (Å²) in [5.74, 6) is 0.590. The Hall–Kier alpha value is -0.860. The molecule has 1 aliphatic heterocycles. The summed E-state index contributed by atoms with van der Waals surface area (Å²) in [4.78, 5) is 0. The van der Waals surface area contributed by atoms with Crippen LogP contribution in [0.2, 0.25) is 0 Å². The van der Waals surface area contributed by atoms with Crippen LogP contribution in [-0.4, -0.2) is 18.2 Å². The van der Waals surface area contributed by atoms with E-state index in [4.69, 9.17) is 0 Å². The summed E-state index contributed by atoms with van der Waals surface area (Å²) in [7, 11) is 0. The van der Waals surface area contributed by atoms with Crippen molar-refractivity contribution in [1.29, 1.82) is 0 Å². The smallest absolute Gasteiger partial charge is 0.0871 e. The lowest BCUT2D eigenvalue weighted by molar-refractivity contribution is 0.0292. The minimum atomic E-state index is -0.696. The Morgan fingerprint density at radius 1 is 1.29 bits per heavy atom. The average Bonchev–Trinajstić information content (AvgIpc) is 2.58. The van der Waals surface area contributed by atoms with Crippen LogP contribution < -0.4 is 5.32 Å². The van der Waals surface area contributed by atoms with E-state index in [2.05, 4.69) is 5.32 Å². The number of aliphatic hydroxyl groups is 1. The van der Waals surface area contributed by atoms with Gasteiger partial charge in [0.25, 0.3) is 0 Å². The third-order valence-electron chi connectivity index (χ3n) is 3.73. The molecule has 0 radical (unpaired) electrons. The molecule has 94 valence electrons. The first-order valence-electron chi connectivity index (χ1n) is 6.67. The Balaban J connectivity index is 2.01. The first-order chi connectivity index (χ1) is 8.18. The predicted molar refractivity (Wildman–Crippen MR) is 70.8 cm³/mol. The molecule has 0 aromatic heterocycles.